The van der Waals surface area contributed by atoms with E-state index in [1.807, 2.05) is 13.8 Å². The smallest absolute Gasteiger partial charge is 0.346 e. The third-order valence-electron chi connectivity index (χ3n) is 4.04. The lowest BCUT2D eigenvalue weighted by Gasteiger charge is -2.22. The van der Waals surface area contributed by atoms with Crippen LogP contribution in [0.25, 0.3) is 0 Å². The van der Waals surface area contributed by atoms with Crippen molar-refractivity contribution in [3.8, 4) is 0 Å². The number of hydrogen-bond acceptors (Lipinski definition) is 5. The van der Waals surface area contributed by atoms with Crippen molar-refractivity contribution in [2.75, 3.05) is 0 Å². The van der Waals surface area contributed by atoms with Crippen LogP contribution in [0.1, 0.15) is 45.9 Å². The molecule has 1 N–H and O–H groups in total. The van der Waals surface area contributed by atoms with Gasteiger partial charge < -0.3 is 5.32 Å². The van der Waals surface area contributed by atoms with E-state index in [-0.39, 0.29) is 24.2 Å². The summed E-state index contributed by atoms with van der Waals surface area (Å²) in [7, 11) is 0. The lowest BCUT2D eigenvalue weighted by Crippen LogP contribution is -2.37. The van der Waals surface area contributed by atoms with Crippen LogP contribution in [-0.4, -0.2) is 20.4 Å². The number of nitrogens with zero attached hydrogens (tertiary/aromatic N) is 3. The van der Waals surface area contributed by atoms with Crippen LogP contribution < -0.4 is 11.0 Å². The van der Waals surface area contributed by atoms with Gasteiger partial charge in [0.1, 0.15) is 6.54 Å². The largest absolute Gasteiger partial charge is 0.348 e. The Morgan fingerprint density at radius 3 is 2.91 bits per heavy atom. The van der Waals surface area contributed by atoms with Crippen molar-refractivity contribution in [2.45, 2.75) is 52.6 Å². The SMILES string of the molecule is Cc1cc(C)n(CC(=O)N[C@@H]2CCCc3sc(C)nc32)c(=O)n1. The normalized spacial score (nSPS) is 16.9. The highest BCUT2D eigenvalue weighted by molar-refractivity contribution is 7.11. The maximum atomic E-state index is 12.4. The predicted octanol–water partition coefficient (Wildman–Crippen LogP) is 1.82. The first-order chi connectivity index (χ1) is 10.9. The van der Waals surface area contributed by atoms with E-state index in [1.165, 1.54) is 9.44 Å². The second-order valence-electron chi connectivity index (χ2n) is 5.96. The minimum absolute atomic E-state index is 0.00704. The summed E-state index contributed by atoms with van der Waals surface area (Å²) in [6.45, 7) is 5.56. The van der Waals surface area contributed by atoms with Gasteiger partial charge in [0.2, 0.25) is 5.91 Å². The minimum Gasteiger partial charge on any atom is -0.346 e. The molecule has 2 heterocycles. The van der Waals surface area contributed by atoms with Crippen LogP contribution in [0.3, 0.4) is 0 Å². The van der Waals surface area contributed by atoms with Crippen molar-refractivity contribution >= 4 is 17.2 Å². The highest BCUT2D eigenvalue weighted by Gasteiger charge is 2.25. The Morgan fingerprint density at radius 1 is 1.39 bits per heavy atom. The summed E-state index contributed by atoms with van der Waals surface area (Å²) in [5.74, 6) is -0.177. The molecule has 23 heavy (non-hydrogen) atoms. The Hall–Kier alpha value is -2.02. The Morgan fingerprint density at radius 2 is 2.17 bits per heavy atom. The van der Waals surface area contributed by atoms with Gasteiger partial charge in [-0.25, -0.2) is 9.78 Å². The molecular formula is C16H20N4O2S. The van der Waals surface area contributed by atoms with Gasteiger partial charge in [-0.2, -0.15) is 4.98 Å². The molecule has 0 saturated carbocycles. The van der Waals surface area contributed by atoms with E-state index in [0.717, 1.165) is 35.7 Å². The summed E-state index contributed by atoms with van der Waals surface area (Å²) in [5, 5.41) is 4.06. The number of thiazole rings is 1. The van der Waals surface area contributed by atoms with Gasteiger partial charge in [0, 0.05) is 16.3 Å². The lowest BCUT2D eigenvalue weighted by molar-refractivity contribution is -0.122. The molecule has 6 nitrogen and oxygen atoms in total. The average Bonchev–Trinajstić information content (AvgIpc) is 2.84. The predicted molar refractivity (Wildman–Crippen MR) is 88.6 cm³/mol. The van der Waals surface area contributed by atoms with E-state index in [2.05, 4.69) is 15.3 Å². The van der Waals surface area contributed by atoms with Gasteiger partial charge in [-0.05, 0) is 46.1 Å². The summed E-state index contributed by atoms with van der Waals surface area (Å²) in [5.41, 5.74) is 2.02. The van der Waals surface area contributed by atoms with E-state index in [9.17, 15) is 9.59 Å². The molecule has 0 bridgehead atoms. The molecule has 122 valence electrons. The molecule has 0 spiro atoms. The van der Waals surface area contributed by atoms with Crippen LogP contribution in [0.4, 0.5) is 0 Å². The number of carbonyl (C=O) groups is 1. The zero-order valence-corrected chi connectivity index (χ0v) is 14.4. The minimum atomic E-state index is -0.383. The van der Waals surface area contributed by atoms with Gasteiger partial charge in [0.25, 0.3) is 0 Å². The first-order valence-corrected chi connectivity index (χ1v) is 8.56. The second-order valence-corrected chi connectivity index (χ2v) is 7.25. The van der Waals surface area contributed by atoms with Crippen molar-refractivity contribution in [1.29, 1.82) is 0 Å². The number of aromatic nitrogens is 3. The van der Waals surface area contributed by atoms with Crippen LogP contribution in [0, 0.1) is 20.8 Å². The maximum absolute atomic E-state index is 12.4. The van der Waals surface area contributed by atoms with Gasteiger partial charge in [0.05, 0.1) is 16.7 Å². The standard InChI is InChI=1S/C16H20N4O2S/c1-9-7-10(2)20(16(22)17-9)8-14(21)19-12-5-4-6-13-15(12)18-11(3)23-13/h7,12H,4-6,8H2,1-3H3,(H,19,21)/t12-/m1/s1. The fourth-order valence-electron chi connectivity index (χ4n) is 3.03. The number of nitrogens with one attached hydrogen (secondary N) is 1. The lowest BCUT2D eigenvalue weighted by atomic mass is 9.97. The quantitative estimate of drug-likeness (QED) is 0.930. The van der Waals surface area contributed by atoms with Gasteiger partial charge in [0.15, 0.2) is 0 Å². The number of hydrogen-bond donors (Lipinski definition) is 1. The van der Waals surface area contributed by atoms with Crippen LogP contribution in [0.15, 0.2) is 10.9 Å². The number of aryl methyl sites for hydroxylation is 4. The molecule has 1 aliphatic rings. The Labute approximate surface area is 138 Å². The molecule has 1 amide bonds. The molecule has 0 fully saturated rings. The third kappa shape index (κ3) is 3.34. The number of fused-ring (bicyclic) bond motifs is 1. The van der Waals surface area contributed by atoms with Crippen LogP contribution >= 0.6 is 11.3 Å². The fraction of sp³-hybridized carbons (Fsp3) is 0.500. The molecule has 0 aromatic carbocycles. The monoisotopic (exact) mass is 332 g/mol. The van der Waals surface area contributed by atoms with Crippen LogP contribution in [0.2, 0.25) is 0 Å². The molecule has 0 unspecified atom stereocenters. The number of carbonyl (C=O) groups excluding carboxylic acids is 1. The Kier molecular flexibility index (Phi) is 4.30. The number of amides is 1. The fourth-order valence-corrected chi connectivity index (χ4v) is 4.07. The van der Waals surface area contributed by atoms with Crippen molar-refractivity contribution in [2.24, 2.45) is 0 Å². The van der Waals surface area contributed by atoms with E-state index in [4.69, 9.17) is 0 Å². The molecule has 3 rings (SSSR count). The third-order valence-corrected chi connectivity index (χ3v) is 5.09. The van der Waals surface area contributed by atoms with Crippen LogP contribution in [0.5, 0.6) is 0 Å². The number of rotatable bonds is 3. The summed E-state index contributed by atoms with van der Waals surface area (Å²) >= 11 is 1.70. The summed E-state index contributed by atoms with van der Waals surface area (Å²) in [6, 6.07) is 1.75. The Balaban J connectivity index is 1.75. The van der Waals surface area contributed by atoms with E-state index in [1.54, 1.807) is 24.3 Å². The molecule has 0 saturated heterocycles. The van der Waals surface area contributed by atoms with Crippen molar-refractivity contribution in [1.82, 2.24) is 19.9 Å². The zero-order valence-electron chi connectivity index (χ0n) is 13.5. The van der Waals surface area contributed by atoms with Gasteiger partial charge in [-0.15, -0.1) is 11.3 Å². The van der Waals surface area contributed by atoms with Gasteiger partial charge >= 0.3 is 5.69 Å². The van der Waals surface area contributed by atoms with Crippen molar-refractivity contribution in [3.05, 3.63) is 43.5 Å². The van der Waals surface area contributed by atoms with Crippen molar-refractivity contribution in [3.63, 3.8) is 0 Å². The molecule has 1 atom stereocenters. The summed E-state index contributed by atoms with van der Waals surface area (Å²) in [4.78, 5) is 34.0. The average molecular weight is 332 g/mol. The molecule has 1 aliphatic carbocycles. The molecule has 7 heteroatoms. The first-order valence-electron chi connectivity index (χ1n) is 7.74. The van der Waals surface area contributed by atoms with Crippen LogP contribution in [-0.2, 0) is 17.8 Å². The van der Waals surface area contributed by atoms with E-state index < -0.39 is 0 Å². The zero-order chi connectivity index (χ0) is 16.6. The highest BCUT2D eigenvalue weighted by Crippen LogP contribution is 2.32. The van der Waals surface area contributed by atoms with E-state index >= 15 is 0 Å². The second kappa shape index (κ2) is 6.23. The maximum Gasteiger partial charge on any atom is 0.348 e. The highest BCUT2D eigenvalue weighted by atomic mass is 32.1. The van der Waals surface area contributed by atoms with E-state index in [0.29, 0.717) is 5.69 Å². The topological polar surface area (TPSA) is 76.9 Å². The first kappa shape index (κ1) is 15.9. The van der Waals surface area contributed by atoms with Gasteiger partial charge in [-0.3, -0.25) is 9.36 Å². The molecule has 0 radical (unpaired) electrons. The Bertz CT molecular complexity index is 809. The van der Waals surface area contributed by atoms with Crippen molar-refractivity contribution < 1.29 is 4.79 Å². The summed E-state index contributed by atoms with van der Waals surface area (Å²) < 4.78 is 1.40. The molecular weight excluding hydrogens is 312 g/mol. The van der Waals surface area contributed by atoms with Gasteiger partial charge in [-0.1, -0.05) is 0 Å². The summed E-state index contributed by atoms with van der Waals surface area (Å²) in [6.07, 6.45) is 2.97. The molecule has 2 aromatic heterocycles. The molecule has 0 aliphatic heterocycles. The molecule has 2 aromatic rings.